The highest BCUT2D eigenvalue weighted by Crippen LogP contribution is 2.15. The van der Waals surface area contributed by atoms with Crippen molar-refractivity contribution >= 4 is 20.5 Å². The van der Waals surface area contributed by atoms with Crippen LogP contribution in [0.4, 0.5) is 0 Å². The lowest BCUT2D eigenvalue weighted by Crippen LogP contribution is -2.31. The smallest absolute Gasteiger partial charge is 0.157 e. The minimum Gasteiger partial charge on any atom is -0.324 e. The third-order valence-corrected chi connectivity index (χ3v) is 4.87. The molecule has 0 saturated heterocycles. The molecule has 0 radical (unpaired) electrons. The molecule has 1 aromatic rings. The molecule has 0 atom stereocenters. The lowest BCUT2D eigenvalue weighted by Gasteiger charge is -2.25. The first kappa shape index (κ1) is 14.0. The molecular formula is C15H22N2OSi. The molecule has 1 aromatic carbocycles. The first-order valence-electron chi connectivity index (χ1n) is 7.04. The maximum absolute atomic E-state index is 11.5. The average Bonchev–Trinajstić information content (AvgIpc) is 2.39. The number of hydrogen-bond donors (Lipinski definition) is 0. The van der Waals surface area contributed by atoms with Crippen molar-refractivity contribution in [2.45, 2.75) is 45.3 Å². The second kappa shape index (κ2) is 6.66. The van der Waals surface area contributed by atoms with E-state index < -0.39 is 8.96 Å². The van der Waals surface area contributed by atoms with Crippen molar-refractivity contribution in [2.24, 2.45) is 5.10 Å². The Kier molecular flexibility index (Phi) is 4.91. The van der Waals surface area contributed by atoms with Crippen LogP contribution in [0.15, 0.2) is 35.4 Å². The van der Waals surface area contributed by atoms with Gasteiger partial charge in [0.25, 0.3) is 0 Å². The Morgan fingerprint density at radius 1 is 1.21 bits per heavy atom. The fraction of sp³-hybridized carbons (Fsp3) is 0.467. The van der Waals surface area contributed by atoms with Crippen molar-refractivity contribution < 1.29 is 4.79 Å². The van der Waals surface area contributed by atoms with Gasteiger partial charge in [-0.25, -0.2) is 0 Å². The Morgan fingerprint density at radius 2 is 1.95 bits per heavy atom. The van der Waals surface area contributed by atoms with Gasteiger partial charge in [0, 0.05) is 18.6 Å². The highest BCUT2D eigenvalue weighted by Gasteiger charge is 2.17. The number of hydrogen-bond acceptors (Lipinski definition) is 3. The van der Waals surface area contributed by atoms with E-state index in [1.807, 2.05) is 6.07 Å². The molecule has 0 N–H and O–H groups in total. The minimum absolute atomic E-state index is 0.343. The summed E-state index contributed by atoms with van der Waals surface area (Å²) in [4.78, 5) is 11.5. The lowest BCUT2D eigenvalue weighted by molar-refractivity contribution is -0.118. The summed E-state index contributed by atoms with van der Waals surface area (Å²) in [5, 5.41) is 4.77. The molecule has 0 amide bonds. The molecule has 0 aromatic heterocycles. The van der Waals surface area contributed by atoms with Crippen LogP contribution in [0.2, 0.25) is 13.1 Å². The highest BCUT2D eigenvalue weighted by molar-refractivity contribution is 6.52. The van der Waals surface area contributed by atoms with Gasteiger partial charge in [-0.2, -0.15) is 5.10 Å². The molecule has 1 fully saturated rings. The van der Waals surface area contributed by atoms with Gasteiger partial charge in [-0.15, -0.1) is 0 Å². The van der Waals surface area contributed by atoms with Crippen molar-refractivity contribution in [1.29, 1.82) is 0 Å². The van der Waals surface area contributed by atoms with Crippen LogP contribution in [0.3, 0.4) is 0 Å². The van der Waals surface area contributed by atoms with Crippen molar-refractivity contribution in [3.63, 3.8) is 0 Å². The number of Topliss-reactive ketones (excluding diaryl/α,β-unsaturated/α-hetero) is 1. The van der Waals surface area contributed by atoms with E-state index in [-0.39, 0.29) is 0 Å². The molecule has 0 spiro atoms. The summed E-state index contributed by atoms with van der Waals surface area (Å²) in [6, 6.07) is 10.4. The highest BCUT2D eigenvalue weighted by atomic mass is 28.3. The van der Waals surface area contributed by atoms with Gasteiger partial charge < -0.3 is 4.67 Å². The molecule has 1 aliphatic rings. The van der Waals surface area contributed by atoms with Gasteiger partial charge in [0.05, 0.1) is 6.54 Å². The van der Waals surface area contributed by atoms with Gasteiger partial charge in [0.1, 0.15) is 5.78 Å². The maximum atomic E-state index is 11.5. The summed E-state index contributed by atoms with van der Waals surface area (Å²) in [5.74, 6) is 0.343. The van der Waals surface area contributed by atoms with Crippen LogP contribution >= 0.6 is 0 Å². The molecular weight excluding hydrogens is 252 g/mol. The predicted octanol–water partition coefficient (Wildman–Crippen LogP) is 2.97. The number of hydrazone groups is 1. The number of ketones is 1. The van der Waals surface area contributed by atoms with Gasteiger partial charge >= 0.3 is 0 Å². The molecule has 0 bridgehead atoms. The lowest BCUT2D eigenvalue weighted by atomic mass is 9.97. The van der Waals surface area contributed by atoms with E-state index in [0.717, 1.165) is 31.5 Å². The predicted molar refractivity (Wildman–Crippen MR) is 81.8 cm³/mol. The monoisotopic (exact) mass is 274 g/mol. The Balaban J connectivity index is 2.08. The summed E-state index contributed by atoms with van der Waals surface area (Å²) in [6.07, 6.45) is 3.25. The van der Waals surface area contributed by atoms with Crippen LogP contribution < -0.4 is 0 Å². The topological polar surface area (TPSA) is 32.7 Å². The molecule has 2 rings (SSSR count). The normalized spacial score (nSPS) is 18.1. The quantitative estimate of drug-likeness (QED) is 0.624. The Bertz CT molecular complexity index is 456. The van der Waals surface area contributed by atoms with Gasteiger partial charge in [0.15, 0.2) is 8.96 Å². The van der Waals surface area contributed by atoms with Gasteiger partial charge in [-0.3, -0.25) is 4.79 Å². The van der Waals surface area contributed by atoms with Crippen LogP contribution in [0.5, 0.6) is 0 Å². The molecule has 4 heteroatoms. The molecule has 3 nitrogen and oxygen atoms in total. The van der Waals surface area contributed by atoms with Crippen molar-refractivity contribution in [3.05, 3.63) is 35.9 Å². The van der Waals surface area contributed by atoms with Crippen LogP contribution in [0.25, 0.3) is 0 Å². The largest absolute Gasteiger partial charge is 0.324 e. The first-order valence-corrected chi connectivity index (χ1v) is 9.86. The zero-order valence-electron chi connectivity index (χ0n) is 11.8. The maximum Gasteiger partial charge on any atom is 0.157 e. The van der Waals surface area contributed by atoms with Gasteiger partial charge in [-0.1, -0.05) is 43.4 Å². The first-order chi connectivity index (χ1) is 9.15. The van der Waals surface area contributed by atoms with E-state index >= 15 is 0 Å². The number of carbonyl (C=O) groups excluding carboxylic acids is 1. The van der Waals surface area contributed by atoms with Crippen molar-refractivity contribution in [2.75, 3.05) is 0 Å². The van der Waals surface area contributed by atoms with Crippen LogP contribution in [-0.2, 0) is 11.3 Å². The summed E-state index contributed by atoms with van der Waals surface area (Å²) in [6.45, 7) is 5.41. The third-order valence-electron chi connectivity index (χ3n) is 3.38. The zero-order valence-corrected chi connectivity index (χ0v) is 13.0. The second-order valence-electron chi connectivity index (χ2n) is 5.41. The molecule has 102 valence electrons. The number of benzene rings is 1. The molecule has 0 aliphatic heterocycles. The van der Waals surface area contributed by atoms with Crippen LogP contribution in [0.1, 0.15) is 31.2 Å². The number of rotatable bonds is 4. The fourth-order valence-corrected chi connectivity index (χ4v) is 3.24. The Labute approximate surface area is 117 Å². The second-order valence-corrected chi connectivity index (χ2v) is 8.20. The van der Waals surface area contributed by atoms with E-state index in [1.165, 1.54) is 5.56 Å². The summed E-state index contributed by atoms with van der Waals surface area (Å²) in [7, 11) is -1.01. The van der Waals surface area contributed by atoms with Crippen molar-refractivity contribution in [3.8, 4) is 0 Å². The van der Waals surface area contributed by atoms with Crippen molar-refractivity contribution in [1.82, 2.24) is 4.67 Å². The molecule has 1 saturated carbocycles. The summed E-state index contributed by atoms with van der Waals surface area (Å²) < 4.78 is 2.23. The SMILES string of the molecule is C[SiH](C)N(Cc1ccccc1)N=C1CCCC(=O)C1. The Morgan fingerprint density at radius 3 is 2.58 bits per heavy atom. The summed E-state index contributed by atoms with van der Waals surface area (Å²) >= 11 is 0. The van der Waals surface area contributed by atoms with Crippen LogP contribution in [-0.4, -0.2) is 25.1 Å². The van der Waals surface area contributed by atoms with E-state index in [2.05, 4.69) is 42.0 Å². The fourth-order valence-electron chi connectivity index (χ4n) is 2.26. The number of carbonyl (C=O) groups is 1. The summed E-state index contributed by atoms with van der Waals surface area (Å²) in [5.41, 5.74) is 2.36. The van der Waals surface area contributed by atoms with E-state index in [0.29, 0.717) is 12.2 Å². The Hall–Kier alpha value is -1.42. The standard InChI is InChI=1S/C15H22N2OSi/c1-19(2)17(12-13-7-4-3-5-8-13)16-14-9-6-10-15(18)11-14/h3-5,7-8,19H,6,9-12H2,1-2H3. The van der Waals surface area contributed by atoms with E-state index in [4.69, 9.17) is 5.10 Å². The molecule has 1 aliphatic carbocycles. The van der Waals surface area contributed by atoms with Gasteiger partial charge in [0.2, 0.25) is 0 Å². The molecule has 19 heavy (non-hydrogen) atoms. The zero-order chi connectivity index (χ0) is 13.7. The van der Waals surface area contributed by atoms with Gasteiger partial charge in [-0.05, 0) is 18.4 Å². The average molecular weight is 274 g/mol. The molecule has 0 heterocycles. The third kappa shape index (κ3) is 4.31. The van der Waals surface area contributed by atoms with E-state index in [9.17, 15) is 4.79 Å². The molecule has 0 unspecified atom stereocenters. The van der Waals surface area contributed by atoms with Crippen LogP contribution in [0, 0.1) is 0 Å². The minimum atomic E-state index is -1.01. The van der Waals surface area contributed by atoms with E-state index in [1.54, 1.807) is 0 Å². The number of nitrogens with zero attached hydrogens (tertiary/aromatic N) is 2.